The Bertz CT molecular complexity index is 336. The van der Waals surface area contributed by atoms with E-state index in [1.54, 1.807) is 11.3 Å². The molecular formula is C12H19NOS. The summed E-state index contributed by atoms with van der Waals surface area (Å²) in [6.45, 7) is 8.46. The second kappa shape index (κ2) is 4.88. The standard InChI is InChI=1S/C12H19NOS/c1-5-6-9(14)7-10-8-13-11(15-10)12(2,3)4/h8H,5-7H2,1-4H3. The Morgan fingerprint density at radius 2 is 2.13 bits per heavy atom. The van der Waals surface area contributed by atoms with Gasteiger partial charge in [-0.1, -0.05) is 27.7 Å². The topological polar surface area (TPSA) is 30.0 Å². The van der Waals surface area contributed by atoms with Crippen LogP contribution in [0, 0.1) is 0 Å². The van der Waals surface area contributed by atoms with Crippen LogP contribution in [-0.4, -0.2) is 10.8 Å². The molecule has 0 fully saturated rings. The lowest BCUT2D eigenvalue weighted by Crippen LogP contribution is -2.09. The first-order valence-corrected chi connectivity index (χ1v) is 6.22. The minimum Gasteiger partial charge on any atom is -0.299 e. The van der Waals surface area contributed by atoms with Crippen LogP contribution in [0.5, 0.6) is 0 Å². The molecule has 1 heterocycles. The van der Waals surface area contributed by atoms with Crippen LogP contribution < -0.4 is 0 Å². The molecule has 15 heavy (non-hydrogen) atoms. The quantitative estimate of drug-likeness (QED) is 0.786. The number of ketones is 1. The molecule has 1 aromatic heterocycles. The molecule has 84 valence electrons. The van der Waals surface area contributed by atoms with Crippen molar-refractivity contribution in [3.8, 4) is 0 Å². The molecule has 1 aromatic rings. The predicted octanol–water partition coefficient (Wildman–Crippen LogP) is 3.35. The van der Waals surface area contributed by atoms with Crippen molar-refractivity contribution in [3.63, 3.8) is 0 Å². The molecule has 0 amide bonds. The van der Waals surface area contributed by atoms with E-state index in [0.717, 1.165) is 16.3 Å². The van der Waals surface area contributed by atoms with Crippen molar-refractivity contribution in [2.45, 2.75) is 52.4 Å². The smallest absolute Gasteiger partial charge is 0.138 e. The lowest BCUT2D eigenvalue weighted by atomic mass is 9.98. The van der Waals surface area contributed by atoms with Gasteiger partial charge < -0.3 is 0 Å². The van der Waals surface area contributed by atoms with Gasteiger partial charge in [-0.05, 0) is 6.42 Å². The Morgan fingerprint density at radius 1 is 1.47 bits per heavy atom. The third kappa shape index (κ3) is 3.74. The molecule has 0 aromatic carbocycles. The number of nitrogens with zero attached hydrogens (tertiary/aromatic N) is 1. The number of aromatic nitrogens is 1. The first-order valence-electron chi connectivity index (χ1n) is 5.40. The van der Waals surface area contributed by atoms with Gasteiger partial charge in [0.2, 0.25) is 0 Å². The maximum absolute atomic E-state index is 11.5. The zero-order valence-corrected chi connectivity index (χ0v) is 10.8. The minimum atomic E-state index is 0.0940. The molecular weight excluding hydrogens is 206 g/mol. The maximum atomic E-state index is 11.5. The van der Waals surface area contributed by atoms with E-state index in [2.05, 4.69) is 25.8 Å². The lowest BCUT2D eigenvalue weighted by Gasteiger charge is -2.13. The summed E-state index contributed by atoms with van der Waals surface area (Å²) in [6, 6.07) is 0. The van der Waals surface area contributed by atoms with Crippen molar-refractivity contribution >= 4 is 17.1 Å². The number of carbonyl (C=O) groups excluding carboxylic acids is 1. The van der Waals surface area contributed by atoms with E-state index in [9.17, 15) is 4.79 Å². The van der Waals surface area contributed by atoms with Crippen molar-refractivity contribution in [2.75, 3.05) is 0 Å². The van der Waals surface area contributed by atoms with Gasteiger partial charge in [-0.3, -0.25) is 4.79 Å². The summed E-state index contributed by atoms with van der Waals surface area (Å²) in [4.78, 5) is 16.9. The molecule has 0 bridgehead atoms. The molecule has 2 nitrogen and oxygen atoms in total. The number of thiazole rings is 1. The molecule has 1 rings (SSSR count). The number of hydrogen-bond donors (Lipinski definition) is 0. The van der Waals surface area contributed by atoms with Gasteiger partial charge in [0.25, 0.3) is 0 Å². The highest BCUT2D eigenvalue weighted by Crippen LogP contribution is 2.27. The van der Waals surface area contributed by atoms with E-state index in [1.165, 1.54) is 0 Å². The first kappa shape index (κ1) is 12.4. The monoisotopic (exact) mass is 225 g/mol. The third-order valence-electron chi connectivity index (χ3n) is 2.10. The van der Waals surface area contributed by atoms with Gasteiger partial charge >= 0.3 is 0 Å². The van der Waals surface area contributed by atoms with Crippen molar-refractivity contribution < 1.29 is 4.79 Å². The van der Waals surface area contributed by atoms with Gasteiger partial charge in [-0.2, -0.15) is 0 Å². The minimum absolute atomic E-state index is 0.0940. The molecule has 3 heteroatoms. The Labute approximate surface area is 95.7 Å². The molecule has 0 saturated heterocycles. The van der Waals surface area contributed by atoms with Crippen LogP contribution in [0.25, 0.3) is 0 Å². The molecule has 0 aliphatic carbocycles. The Balaban J connectivity index is 2.65. The molecule has 0 aliphatic rings. The van der Waals surface area contributed by atoms with E-state index in [4.69, 9.17) is 0 Å². The Morgan fingerprint density at radius 3 is 2.60 bits per heavy atom. The van der Waals surface area contributed by atoms with Crippen molar-refractivity contribution in [1.29, 1.82) is 0 Å². The molecule has 0 spiro atoms. The predicted molar refractivity (Wildman–Crippen MR) is 64.4 cm³/mol. The number of Topliss-reactive ketones (excluding diaryl/α,β-unsaturated/α-hetero) is 1. The highest BCUT2D eigenvalue weighted by molar-refractivity contribution is 7.11. The molecule has 0 radical (unpaired) electrons. The highest BCUT2D eigenvalue weighted by Gasteiger charge is 2.18. The zero-order chi connectivity index (χ0) is 11.5. The first-order chi connectivity index (χ1) is 6.93. The van der Waals surface area contributed by atoms with Crippen LogP contribution in [0.1, 0.15) is 50.4 Å². The highest BCUT2D eigenvalue weighted by atomic mass is 32.1. The lowest BCUT2D eigenvalue weighted by molar-refractivity contribution is -0.118. The number of hydrogen-bond acceptors (Lipinski definition) is 3. The number of carbonyl (C=O) groups is 1. The van der Waals surface area contributed by atoms with Gasteiger partial charge in [0.15, 0.2) is 0 Å². The molecule has 0 saturated carbocycles. The van der Waals surface area contributed by atoms with E-state index >= 15 is 0 Å². The maximum Gasteiger partial charge on any atom is 0.138 e. The van der Waals surface area contributed by atoms with Gasteiger partial charge in [0.05, 0.1) is 5.01 Å². The third-order valence-corrected chi connectivity index (χ3v) is 3.52. The molecule has 0 atom stereocenters. The average molecular weight is 225 g/mol. The summed E-state index contributed by atoms with van der Waals surface area (Å²) >= 11 is 1.66. The zero-order valence-electron chi connectivity index (χ0n) is 9.96. The van der Waals surface area contributed by atoms with Gasteiger partial charge in [0.1, 0.15) is 5.78 Å². The van der Waals surface area contributed by atoms with Gasteiger partial charge in [-0.25, -0.2) is 4.98 Å². The van der Waals surface area contributed by atoms with Crippen LogP contribution in [0.4, 0.5) is 0 Å². The molecule has 0 unspecified atom stereocenters. The largest absolute Gasteiger partial charge is 0.299 e. The van der Waals surface area contributed by atoms with E-state index in [0.29, 0.717) is 18.6 Å². The number of rotatable bonds is 4. The van der Waals surface area contributed by atoms with Crippen molar-refractivity contribution in [2.24, 2.45) is 0 Å². The fourth-order valence-electron chi connectivity index (χ4n) is 1.30. The van der Waals surface area contributed by atoms with E-state index in [1.807, 2.05) is 13.1 Å². The second-order valence-electron chi connectivity index (χ2n) is 4.85. The molecule has 0 aliphatic heterocycles. The summed E-state index contributed by atoms with van der Waals surface area (Å²) in [5.74, 6) is 0.321. The van der Waals surface area contributed by atoms with Gasteiger partial charge in [0, 0.05) is 29.3 Å². The summed E-state index contributed by atoms with van der Waals surface area (Å²) in [5.41, 5.74) is 0.0940. The fraction of sp³-hybridized carbons (Fsp3) is 0.667. The van der Waals surface area contributed by atoms with Crippen LogP contribution in [0.15, 0.2) is 6.20 Å². The van der Waals surface area contributed by atoms with Crippen molar-refractivity contribution in [3.05, 3.63) is 16.1 Å². The van der Waals surface area contributed by atoms with Crippen LogP contribution in [-0.2, 0) is 16.6 Å². The summed E-state index contributed by atoms with van der Waals surface area (Å²) in [5, 5.41) is 1.11. The van der Waals surface area contributed by atoms with Crippen LogP contribution >= 0.6 is 11.3 Å². The van der Waals surface area contributed by atoms with Crippen LogP contribution in [0.2, 0.25) is 0 Å². The second-order valence-corrected chi connectivity index (χ2v) is 5.96. The average Bonchev–Trinajstić information content (AvgIpc) is 2.52. The summed E-state index contributed by atoms with van der Waals surface area (Å²) in [6.07, 6.45) is 4.02. The molecule has 0 N–H and O–H groups in total. The SMILES string of the molecule is CCCC(=O)Cc1cnc(C(C)(C)C)s1. The van der Waals surface area contributed by atoms with Crippen molar-refractivity contribution in [1.82, 2.24) is 4.98 Å². The summed E-state index contributed by atoms with van der Waals surface area (Å²) in [7, 11) is 0. The van der Waals surface area contributed by atoms with E-state index in [-0.39, 0.29) is 5.41 Å². The Kier molecular flexibility index (Phi) is 4.03. The Hall–Kier alpha value is -0.700. The van der Waals surface area contributed by atoms with Gasteiger partial charge in [-0.15, -0.1) is 11.3 Å². The summed E-state index contributed by atoms with van der Waals surface area (Å²) < 4.78 is 0. The van der Waals surface area contributed by atoms with Crippen LogP contribution in [0.3, 0.4) is 0 Å². The van der Waals surface area contributed by atoms with E-state index < -0.39 is 0 Å². The normalized spacial score (nSPS) is 11.7. The fourth-order valence-corrected chi connectivity index (χ4v) is 2.30.